The van der Waals surface area contributed by atoms with Crippen molar-refractivity contribution in [1.29, 1.82) is 0 Å². The molecule has 9 heavy (non-hydrogen) atoms. The van der Waals surface area contributed by atoms with Crippen LogP contribution in [-0.4, -0.2) is 11.9 Å². The summed E-state index contributed by atoms with van der Waals surface area (Å²) in [5.41, 5.74) is 0. The molecular formula is C4H6CrFeO3. The van der Waals surface area contributed by atoms with Crippen molar-refractivity contribution >= 4 is 11.9 Å². The number of carbonyl (C=O) groups is 2. The fourth-order valence-corrected chi connectivity index (χ4v) is 0.202. The molecule has 54 valence electrons. The summed E-state index contributed by atoms with van der Waals surface area (Å²) in [5, 5.41) is 0. The van der Waals surface area contributed by atoms with E-state index in [1.807, 2.05) is 0 Å². The first-order chi connectivity index (χ1) is 3.13. The Morgan fingerprint density at radius 2 is 1.33 bits per heavy atom. The van der Waals surface area contributed by atoms with Gasteiger partial charge in [0.2, 0.25) is 0 Å². The minimum Gasteiger partial charge on any atom is -0.394 e. The fourth-order valence-electron chi connectivity index (χ4n) is 0.202. The second kappa shape index (κ2) is 8.19. The number of carbonyl (C=O) groups excluding carboxylic acids is 2. The van der Waals surface area contributed by atoms with Gasteiger partial charge in [-0.15, -0.1) is 0 Å². The van der Waals surface area contributed by atoms with Crippen molar-refractivity contribution in [2.24, 2.45) is 0 Å². The summed E-state index contributed by atoms with van der Waals surface area (Å²) >= 11 is 0. The van der Waals surface area contributed by atoms with Gasteiger partial charge in [-0.05, 0) is 0 Å². The molecule has 0 fully saturated rings. The second-order valence-corrected chi connectivity index (χ2v) is 1.09. The summed E-state index contributed by atoms with van der Waals surface area (Å²) < 4.78 is 3.97. The number of hydrogen-bond donors (Lipinski definition) is 0. The van der Waals surface area contributed by atoms with Gasteiger partial charge in [0.25, 0.3) is 0 Å². The Balaban J connectivity index is -0.000000180. The maximum atomic E-state index is 9.81. The van der Waals surface area contributed by atoms with Crippen molar-refractivity contribution in [3.63, 3.8) is 0 Å². The van der Waals surface area contributed by atoms with Crippen LogP contribution in [0.5, 0.6) is 0 Å². The van der Waals surface area contributed by atoms with Crippen molar-refractivity contribution in [2.45, 2.75) is 13.8 Å². The van der Waals surface area contributed by atoms with E-state index < -0.39 is 11.9 Å². The summed E-state index contributed by atoms with van der Waals surface area (Å²) in [5.74, 6) is -1.12. The smallest absolute Gasteiger partial charge is 0.310 e. The van der Waals surface area contributed by atoms with Crippen LogP contribution in [0.25, 0.3) is 0 Å². The summed E-state index contributed by atoms with van der Waals surface area (Å²) in [7, 11) is 0. The molecule has 0 atom stereocenters. The SMILES string of the molecule is CC(=O)OC(C)=O.[Cr].[Fe]. The van der Waals surface area contributed by atoms with Crippen molar-refractivity contribution in [3.8, 4) is 0 Å². The van der Waals surface area contributed by atoms with E-state index in [-0.39, 0.29) is 34.4 Å². The minimum absolute atomic E-state index is 0. The Hall–Kier alpha value is 0.192. The van der Waals surface area contributed by atoms with Gasteiger partial charge in [0, 0.05) is 48.3 Å². The van der Waals surface area contributed by atoms with Gasteiger partial charge in [-0.2, -0.15) is 0 Å². The monoisotopic (exact) mass is 210 g/mol. The first-order valence-electron chi connectivity index (χ1n) is 1.82. The van der Waals surface area contributed by atoms with E-state index in [4.69, 9.17) is 0 Å². The zero-order valence-corrected chi connectivity index (χ0v) is 7.37. The van der Waals surface area contributed by atoms with Crippen molar-refractivity contribution in [3.05, 3.63) is 0 Å². The van der Waals surface area contributed by atoms with Gasteiger partial charge in [-0.1, -0.05) is 0 Å². The quantitative estimate of drug-likeness (QED) is 0.323. The average molecular weight is 210 g/mol. The Bertz CT molecular complexity index is 92.0. The molecule has 0 aromatic rings. The molecule has 0 aliphatic heterocycles. The Labute approximate surface area is 74.7 Å². The van der Waals surface area contributed by atoms with Crippen LogP contribution in [0.3, 0.4) is 0 Å². The van der Waals surface area contributed by atoms with Crippen LogP contribution < -0.4 is 0 Å². The van der Waals surface area contributed by atoms with Crippen LogP contribution in [0.2, 0.25) is 0 Å². The maximum absolute atomic E-state index is 9.81. The van der Waals surface area contributed by atoms with Crippen LogP contribution in [-0.2, 0) is 48.8 Å². The minimum atomic E-state index is -0.562. The molecular weight excluding hydrogens is 204 g/mol. The van der Waals surface area contributed by atoms with Gasteiger partial charge in [0.15, 0.2) is 0 Å². The molecule has 0 aromatic heterocycles. The molecule has 0 saturated carbocycles. The second-order valence-electron chi connectivity index (χ2n) is 1.09. The summed E-state index contributed by atoms with van der Waals surface area (Å²) in [6.07, 6.45) is 0. The van der Waals surface area contributed by atoms with Crippen LogP contribution in [0.1, 0.15) is 13.8 Å². The van der Waals surface area contributed by atoms with Crippen LogP contribution >= 0.6 is 0 Å². The molecule has 0 spiro atoms. The molecule has 0 amide bonds. The van der Waals surface area contributed by atoms with Gasteiger partial charge in [-0.25, -0.2) is 0 Å². The van der Waals surface area contributed by atoms with Gasteiger partial charge in [-0.3, -0.25) is 9.59 Å². The van der Waals surface area contributed by atoms with E-state index in [0.717, 1.165) is 0 Å². The van der Waals surface area contributed by atoms with E-state index in [1.54, 1.807) is 0 Å². The first-order valence-corrected chi connectivity index (χ1v) is 1.82. The first kappa shape index (κ1) is 16.1. The van der Waals surface area contributed by atoms with Crippen molar-refractivity contribution in [1.82, 2.24) is 0 Å². The topological polar surface area (TPSA) is 43.4 Å². The van der Waals surface area contributed by atoms with Gasteiger partial charge in [0.1, 0.15) is 0 Å². The van der Waals surface area contributed by atoms with Gasteiger partial charge < -0.3 is 4.74 Å². The standard InChI is InChI=1S/C4H6O3.Cr.Fe/c1-3(5)7-4(2)6;;/h1-2H3;;. The molecule has 0 aliphatic rings. The van der Waals surface area contributed by atoms with Crippen LogP contribution in [0.15, 0.2) is 0 Å². The van der Waals surface area contributed by atoms with E-state index in [9.17, 15) is 9.59 Å². The zero-order chi connectivity index (χ0) is 5.86. The summed E-state index contributed by atoms with van der Waals surface area (Å²) in [6, 6.07) is 0. The molecule has 0 rings (SSSR count). The molecule has 0 radical (unpaired) electrons. The molecule has 5 heteroatoms. The van der Waals surface area contributed by atoms with E-state index in [0.29, 0.717) is 0 Å². The molecule has 0 aromatic carbocycles. The molecule has 0 aliphatic carbocycles. The van der Waals surface area contributed by atoms with E-state index in [2.05, 4.69) is 4.74 Å². The molecule has 0 N–H and O–H groups in total. The molecule has 0 bridgehead atoms. The predicted octanol–water partition coefficient (Wildman–Crippen LogP) is 0.0910. The Kier molecular flexibility index (Phi) is 14.6. The maximum Gasteiger partial charge on any atom is 0.310 e. The Morgan fingerprint density at radius 1 is 1.11 bits per heavy atom. The number of hydrogen-bond acceptors (Lipinski definition) is 3. The Morgan fingerprint density at radius 3 is 1.33 bits per heavy atom. The number of esters is 2. The van der Waals surface area contributed by atoms with Gasteiger partial charge >= 0.3 is 11.9 Å². The fraction of sp³-hybridized carbons (Fsp3) is 0.500. The van der Waals surface area contributed by atoms with Crippen molar-refractivity contribution < 1.29 is 48.8 Å². The zero-order valence-electron chi connectivity index (χ0n) is 4.99. The number of rotatable bonds is 0. The van der Waals surface area contributed by atoms with E-state index >= 15 is 0 Å². The summed E-state index contributed by atoms with van der Waals surface area (Å²) in [6.45, 7) is 2.36. The molecule has 0 saturated heterocycles. The molecule has 0 heterocycles. The third-order valence-electron chi connectivity index (χ3n) is 0.287. The third-order valence-corrected chi connectivity index (χ3v) is 0.287. The van der Waals surface area contributed by atoms with Crippen molar-refractivity contribution in [2.75, 3.05) is 0 Å². The van der Waals surface area contributed by atoms with E-state index in [1.165, 1.54) is 13.8 Å². The predicted molar refractivity (Wildman–Crippen MR) is 22.4 cm³/mol. The average Bonchev–Trinajstić information content (AvgIpc) is 1.27. The number of ether oxygens (including phenoxy) is 1. The van der Waals surface area contributed by atoms with Gasteiger partial charge in [0.05, 0.1) is 0 Å². The largest absolute Gasteiger partial charge is 0.394 e. The summed E-state index contributed by atoms with van der Waals surface area (Å²) in [4.78, 5) is 19.6. The normalized spacial score (nSPS) is 6.00. The van der Waals surface area contributed by atoms with Crippen LogP contribution in [0, 0.1) is 0 Å². The van der Waals surface area contributed by atoms with Crippen LogP contribution in [0.4, 0.5) is 0 Å². The molecule has 3 nitrogen and oxygen atoms in total. The third kappa shape index (κ3) is 17.9. The molecule has 0 unspecified atom stereocenters.